The summed E-state index contributed by atoms with van der Waals surface area (Å²) in [6.45, 7) is 6.01. The standard InChI is InChI=1S/C25H34ClN7O3/c1-3-18-15-32(24-21(26)29-22(27-2)23(30-24)28-16-34)13-14-33(18)19-5-4-11-31(12-10-19)25(36)17-6-8-20(35)9-7-17/h6-9,16,18-19,35H,3-5,10-15H2,1-2H3,(H,27,29)(H,28,30,34). The number of aromatic hydroxyl groups is 1. The van der Waals surface area contributed by atoms with Crippen LogP contribution >= 0.6 is 11.6 Å². The van der Waals surface area contributed by atoms with Crippen LogP contribution in [-0.2, 0) is 4.79 Å². The Morgan fingerprint density at radius 3 is 2.61 bits per heavy atom. The first-order valence-electron chi connectivity index (χ1n) is 12.5. The topological polar surface area (TPSA) is 114 Å². The normalized spacial score (nSPS) is 21.1. The van der Waals surface area contributed by atoms with Crippen LogP contribution in [0.5, 0.6) is 5.75 Å². The quantitative estimate of drug-likeness (QED) is 0.482. The minimum absolute atomic E-state index is 0.0190. The molecule has 2 saturated heterocycles. The van der Waals surface area contributed by atoms with Crippen LogP contribution in [0.2, 0.25) is 5.15 Å². The molecule has 0 spiro atoms. The summed E-state index contributed by atoms with van der Waals surface area (Å²) >= 11 is 6.48. The maximum absolute atomic E-state index is 13.0. The van der Waals surface area contributed by atoms with Crippen molar-refractivity contribution >= 4 is 41.4 Å². The lowest BCUT2D eigenvalue weighted by molar-refractivity contribution is -0.105. The second-order valence-corrected chi connectivity index (χ2v) is 9.58. The first-order chi connectivity index (χ1) is 17.4. The number of amides is 2. The SMILES string of the molecule is CCC1CN(c2nc(NC=O)c(NC)nc2Cl)CCN1C1CCCN(C(=O)c2ccc(O)cc2)CC1. The third-order valence-electron chi connectivity index (χ3n) is 7.14. The number of aromatic nitrogens is 2. The van der Waals surface area contributed by atoms with Crippen LogP contribution in [0.4, 0.5) is 17.5 Å². The lowest BCUT2D eigenvalue weighted by Gasteiger charge is -2.45. The van der Waals surface area contributed by atoms with Gasteiger partial charge in [-0.1, -0.05) is 18.5 Å². The van der Waals surface area contributed by atoms with E-state index in [1.54, 1.807) is 31.3 Å². The van der Waals surface area contributed by atoms with Gasteiger partial charge in [-0.15, -0.1) is 0 Å². The molecule has 2 amide bonds. The number of piperazine rings is 1. The zero-order valence-electron chi connectivity index (χ0n) is 20.8. The summed E-state index contributed by atoms with van der Waals surface area (Å²) in [4.78, 5) is 39.6. The van der Waals surface area contributed by atoms with Gasteiger partial charge < -0.3 is 25.5 Å². The van der Waals surface area contributed by atoms with Crippen molar-refractivity contribution in [1.29, 1.82) is 0 Å². The average Bonchev–Trinajstić information content (AvgIpc) is 3.15. The predicted octanol–water partition coefficient (Wildman–Crippen LogP) is 3.04. The zero-order chi connectivity index (χ0) is 25.7. The van der Waals surface area contributed by atoms with Gasteiger partial charge in [0.2, 0.25) is 6.41 Å². The summed E-state index contributed by atoms with van der Waals surface area (Å²) in [5, 5.41) is 15.3. The number of anilines is 3. The van der Waals surface area contributed by atoms with E-state index in [0.717, 1.165) is 51.9 Å². The fourth-order valence-corrected chi connectivity index (χ4v) is 5.49. The smallest absolute Gasteiger partial charge is 0.253 e. The minimum Gasteiger partial charge on any atom is -0.508 e. The van der Waals surface area contributed by atoms with Crippen LogP contribution in [0.1, 0.15) is 43.0 Å². The predicted molar refractivity (Wildman–Crippen MR) is 141 cm³/mol. The first kappa shape index (κ1) is 26.0. The molecule has 2 atom stereocenters. The number of carbonyl (C=O) groups excluding carboxylic acids is 2. The third kappa shape index (κ3) is 5.65. The van der Waals surface area contributed by atoms with E-state index >= 15 is 0 Å². The summed E-state index contributed by atoms with van der Waals surface area (Å²) in [6.07, 6.45) is 4.47. The summed E-state index contributed by atoms with van der Waals surface area (Å²) in [7, 11) is 1.70. The van der Waals surface area contributed by atoms with Crippen molar-refractivity contribution in [3.05, 3.63) is 35.0 Å². The number of phenolic OH excluding ortho intramolecular Hbond substituents is 1. The van der Waals surface area contributed by atoms with Gasteiger partial charge in [0.25, 0.3) is 5.91 Å². The van der Waals surface area contributed by atoms with E-state index in [2.05, 4.69) is 37.3 Å². The Bertz CT molecular complexity index is 1070. The highest BCUT2D eigenvalue weighted by Gasteiger charge is 2.34. The zero-order valence-corrected chi connectivity index (χ0v) is 21.5. The molecule has 2 aromatic rings. The van der Waals surface area contributed by atoms with Gasteiger partial charge in [-0.25, -0.2) is 9.97 Å². The third-order valence-corrected chi connectivity index (χ3v) is 7.39. The first-order valence-corrected chi connectivity index (χ1v) is 12.9. The molecule has 1 aromatic carbocycles. The number of rotatable bonds is 7. The van der Waals surface area contributed by atoms with E-state index in [4.69, 9.17) is 11.6 Å². The number of hydrogen-bond acceptors (Lipinski definition) is 8. The molecule has 3 heterocycles. The van der Waals surface area contributed by atoms with Crippen molar-refractivity contribution in [3.8, 4) is 5.75 Å². The molecular weight excluding hydrogens is 482 g/mol. The highest BCUT2D eigenvalue weighted by Crippen LogP contribution is 2.31. The Morgan fingerprint density at radius 1 is 1.14 bits per heavy atom. The van der Waals surface area contributed by atoms with Crippen molar-refractivity contribution in [2.45, 2.75) is 44.7 Å². The van der Waals surface area contributed by atoms with Gasteiger partial charge in [-0.3, -0.25) is 14.5 Å². The fraction of sp³-hybridized carbons (Fsp3) is 0.520. The molecule has 11 heteroatoms. The van der Waals surface area contributed by atoms with Gasteiger partial charge >= 0.3 is 0 Å². The largest absolute Gasteiger partial charge is 0.508 e. The highest BCUT2D eigenvalue weighted by molar-refractivity contribution is 6.32. The van der Waals surface area contributed by atoms with Crippen molar-refractivity contribution in [3.63, 3.8) is 0 Å². The van der Waals surface area contributed by atoms with Crippen molar-refractivity contribution in [2.75, 3.05) is 55.3 Å². The molecule has 194 valence electrons. The van der Waals surface area contributed by atoms with Gasteiger partial charge in [0.05, 0.1) is 0 Å². The van der Waals surface area contributed by atoms with Crippen LogP contribution in [0.25, 0.3) is 0 Å². The van der Waals surface area contributed by atoms with Gasteiger partial charge in [-0.2, -0.15) is 0 Å². The molecule has 3 N–H and O–H groups in total. The maximum Gasteiger partial charge on any atom is 0.253 e. The second-order valence-electron chi connectivity index (χ2n) is 9.22. The van der Waals surface area contributed by atoms with Crippen molar-refractivity contribution < 1.29 is 14.7 Å². The molecule has 2 aliphatic rings. The fourth-order valence-electron chi connectivity index (χ4n) is 5.24. The molecule has 0 radical (unpaired) electrons. The molecule has 36 heavy (non-hydrogen) atoms. The Kier molecular flexibility index (Phi) is 8.48. The van der Waals surface area contributed by atoms with Crippen molar-refractivity contribution in [2.24, 2.45) is 0 Å². The lowest BCUT2D eigenvalue weighted by Crippen LogP contribution is -2.56. The number of carbonyl (C=O) groups is 2. The van der Waals surface area contributed by atoms with E-state index < -0.39 is 0 Å². The van der Waals surface area contributed by atoms with E-state index in [1.165, 1.54) is 0 Å². The Labute approximate surface area is 216 Å². The Morgan fingerprint density at radius 2 is 1.92 bits per heavy atom. The van der Waals surface area contributed by atoms with Crippen LogP contribution in [0, 0.1) is 0 Å². The van der Waals surface area contributed by atoms with E-state index in [-0.39, 0.29) is 11.7 Å². The van der Waals surface area contributed by atoms with Gasteiger partial charge in [0.1, 0.15) is 5.75 Å². The molecule has 10 nitrogen and oxygen atoms in total. The Hall–Kier alpha value is -3.11. The summed E-state index contributed by atoms with van der Waals surface area (Å²) in [5.41, 5.74) is 0.608. The number of phenols is 1. The summed E-state index contributed by atoms with van der Waals surface area (Å²) in [6, 6.07) is 7.18. The molecule has 0 bridgehead atoms. The number of halogens is 1. The highest BCUT2D eigenvalue weighted by atomic mass is 35.5. The molecular formula is C25H34ClN7O3. The van der Waals surface area contributed by atoms with E-state index in [0.29, 0.717) is 53.2 Å². The molecule has 0 aliphatic carbocycles. The molecule has 2 unspecified atom stereocenters. The number of benzene rings is 1. The van der Waals surface area contributed by atoms with Crippen LogP contribution in [0.3, 0.4) is 0 Å². The van der Waals surface area contributed by atoms with Crippen LogP contribution in [0.15, 0.2) is 24.3 Å². The van der Waals surface area contributed by atoms with E-state index in [9.17, 15) is 14.7 Å². The van der Waals surface area contributed by atoms with Gasteiger partial charge in [-0.05, 0) is 49.9 Å². The number of nitrogens with zero attached hydrogens (tertiary/aromatic N) is 5. The molecule has 0 saturated carbocycles. The van der Waals surface area contributed by atoms with Gasteiger partial charge in [0, 0.05) is 57.4 Å². The molecule has 2 aliphatic heterocycles. The Balaban J connectivity index is 1.42. The summed E-state index contributed by atoms with van der Waals surface area (Å²) < 4.78 is 0. The van der Waals surface area contributed by atoms with E-state index in [1.807, 2.05) is 4.90 Å². The van der Waals surface area contributed by atoms with Crippen LogP contribution in [-0.4, -0.2) is 89.0 Å². The lowest BCUT2D eigenvalue weighted by atomic mass is 10.0. The average molecular weight is 516 g/mol. The maximum atomic E-state index is 13.0. The number of nitrogens with one attached hydrogen (secondary N) is 2. The second kappa shape index (κ2) is 11.7. The molecule has 1 aromatic heterocycles. The summed E-state index contributed by atoms with van der Waals surface area (Å²) in [5.74, 6) is 1.53. The molecule has 2 fully saturated rings. The van der Waals surface area contributed by atoms with Crippen molar-refractivity contribution in [1.82, 2.24) is 19.8 Å². The monoisotopic (exact) mass is 515 g/mol. The van der Waals surface area contributed by atoms with Gasteiger partial charge in [0.15, 0.2) is 22.6 Å². The minimum atomic E-state index is 0.0190. The van der Waals surface area contributed by atoms with Crippen LogP contribution < -0.4 is 15.5 Å². The molecule has 4 rings (SSSR count). The number of hydrogen-bond donors (Lipinski definition) is 3. The number of likely N-dealkylation sites (tertiary alicyclic amines) is 1.